The number of benzene rings is 1. The first-order valence-electron chi connectivity index (χ1n) is 7.46. The summed E-state index contributed by atoms with van der Waals surface area (Å²) < 4.78 is 0. The fraction of sp³-hybridized carbons (Fsp3) is 0.529. The SMILES string of the molecule is CCCCCCNC(=O)C[C@@H](CC#N)c1ccccc1. The number of nitriles is 1. The van der Waals surface area contributed by atoms with Gasteiger partial charge in [0.2, 0.25) is 5.91 Å². The second kappa shape index (κ2) is 10.0. The minimum absolute atomic E-state index is 0.00292. The predicted octanol–water partition coefficient (Wildman–Crippen LogP) is 3.77. The Balaban J connectivity index is 2.38. The molecule has 1 aromatic carbocycles. The molecule has 1 amide bonds. The van der Waals surface area contributed by atoms with Crippen molar-refractivity contribution >= 4 is 5.91 Å². The zero-order valence-electron chi connectivity index (χ0n) is 12.3. The minimum Gasteiger partial charge on any atom is -0.356 e. The monoisotopic (exact) mass is 272 g/mol. The molecule has 0 heterocycles. The minimum atomic E-state index is -0.00292. The van der Waals surface area contributed by atoms with Crippen molar-refractivity contribution in [1.82, 2.24) is 5.32 Å². The van der Waals surface area contributed by atoms with Crippen LogP contribution < -0.4 is 5.32 Å². The van der Waals surface area contributed by atoms with Crippen molar-refractivity contribution in [1.29, 1.82) is 5.26 Å². The van der Waals surface area contributed by atoms with Gasteiger partial charge in [-0.1, -0.05) is 56.5 Å². The van der Waals surface area contributed by atoms with Crippen LogP contribution in [0.2, 0.25) is 0 Å². The van der Waals surface area contributed by atoms with Gasteiger partial charge in [-0.15, -0.1) is 0 Å². The number of carbonyl (C=O) groups excluding carboxylic acids is 1. The highest BCUT2D eigenvalue weighted by molar-refractivity contribution is 5.76. The van der Waals surface area contributed by atoms with Crippen molar-refractivity contribution in [2.45, 2.75) is 51.4 Å². The number of hydrogen-bond donors (Lipinski definition) is 1. The molecule has 0 bridgehead atoms. The molecule has 3 nitrogen and oxygen atoms in total. The summed E-state index contributed by atoms with van der Waals surface area (Å²) in [6, 6.07) is 12.0. The van der Waals surface area contributed by atoms with Gasteiger partial charge in [-0.25, -0.2) is 0 Å². The first-order valence-corrected chi connectivity index (χ1v) is 7.46. The van der Waals surface area contributed by atoms with Gasteiger partial charge in [-0.3, -0.25) is 4.79 Å². The second-order valence-corrected chi connectivity index (χ2v) is 5.08. The Kier molecular flexibility index (Phi) is 8.14. The van der Waals surface area contributed by atoms with Crippen LogP contribution in [0, 0.1) is 11.3 Å². The summed E-state index contributed by atoms with van der Waals surface area (Å²) in [6.45, 7) is 2.91. The van der Waals surface area contributed by atoms with Crippen molar-refractivity contribution in [3.63, 3.8) is 0 Å². The van der Waals surface area contributed by atoms with E-state index in [-0.39, 0.29) is 11.8 Å². The number of carbonyl (C=O) groups is 1. The maximum absolute atomic E-state index is 11.9. The van der Waals surface area contributed by atoms with Gasteiger partial charge in [0.05, 0.1) is 6.07 Å². The average molecular weight is 272 g/mol. The van der Waals surface area contributed by atoms with Crippen LogP contribution in [0.25, 0.3) is 0 Å². The first-order chi connectivity index (χ1) is 9.77. The van der Waals surface area contributed by atoms with Crippen LogP contribution >= 0.6 is 0 Å². The molecule has 1 atom stereocenters. The molecule has 108 valence electrons. The largest absolute Gasteiger partial charge is 0.356 e. The van der Waals surface area contributed by atoms with Gasteiger partial charge < -0.3 is 5.32 Å². The Bertz CT molecular complexity index is 422. The molecule has 0 aliphatic heterocycles. The third-order valence-electron chi connectivity index (χ3n) is 3.39. The van der Waals surface area contributed by atoms with E-state index in [1.165, 1.54) is 12.8 Å². The quantitative estimate of drug-likeness (QED) is 0.696. The van der Waals surface area contributed by atoms with Crippen LogP contribution in [-0.2, 0) is 4.79 Å². The van der Waals surface area contributed by atoms with E-state index < -0.39 is 0 Å². The molecule has 0 saturated carbocycles. The van der Waals surface area contributed by atoms with E-state index in [9.17, 15) is 4.79 Å². The van der Waals surface area contributed by atoms with Gasteiger partial charge in [-0.05, 0) is 12.0 Å². The van der Waals surface area contributed by atoms with Gasteiger partial charge in [0.15, 0.2) is 0 Å². The van der Waals surface area contributed by atoms with Gasteiger partial charge in [0, 0.05) is 25.3 Å². The van der Waals surface area contributed by atoms with Gasteiger partial charge in [0.25, 0.3) is 0 Å². The molecule has 0 aromatic heterocycles. The Morgan fingerprint density at radius 1 is 1.25 bits per heavy atom. The number of nitrogens with zero attached hydrogens (tertiary/aromatic N) is 1. The lowest BCUT2D eigenvalue weighted by Crippen LogP contribution is -2.26. The van der Waals surface area contributed by atoms with Crippen LogP contribution in [0.1, 0.15) is 56.9 Å². The number of rotatable bonds is 9. The topological polar surface area (TPSA) is 52.9 Å². The van der Waals surface area contributed by atoms with Crippen LogP contribution in [0.15, 0.2) is 30.3 Å². The molecule has 0 aliphatic rings. The molecular formula is C17H24N2O. The van der Waals surface area contributed by atoms with Crippen LogP contribution in [-0.4, -0.2) is 12.5 Å². The molecule has 0 unspecified atom stereocenters. The lowest BCUT2D eigenvalue weighted by molar-refractivity contribution is -0.121. The fourth-order valence-corrected chi connectivity index (χ4v) is 2.22. The second-order valence-electron chi connectivity index (χ2n) is 5.08. The number of nitrogens with one attached hydrogen (secondary N) is 1. The van der Waals surface area contributed by atoms with E-state index in [0.29, 0.717) is 12.8 Å². The molecular weight excluding hydrogens is 248 g/mol. The summed E-state index contributed by atoms with van der Waals surface area (Å²) in [6.07, 6.45) is 5.40. The van der Waals surface area contributed by atoms with E-state index in [0.717, 1.165) is 24.9 Å². The Hall–Kier alpha value is -1.82. The number of amides is 1. The van der Waals surface area contributed by atoms with Crippen LogP contribution in [0.5, 0.6) is 0 Å². The Morgan fingerprint density at radius 3 is 2.65 bits per heavy atom. The highest BCUT2D eigenvalue weighted by Crippen LogP contribution is 2.22. The molecule has 0 saturated heterocycles. The van der Waals surface area contributed by atoms with E-state index >= 15 is 0 Å². The molecule has 3 heteroatoms. The molecule has 20 heavy (non-hydrogen) atoms. The zero-order valence-corrected chi connectivity index (χ0v) is 12.3. The van der Waals surface area contributed by atoms with Crippen molar-refractivity contribution in [2.24, 2.45) is 0 Å². The van der Waals surface area contributed by atoms with E-state index in [1.54, 1.807) is 0 Å². The third kappa shape index (κ3) is 6.38. The van der Waals surface area contributed by atoms with Gasteiger partial charge in [0.1, 0.15) is 0 Å². The van der Waals surface area contributed by atoms with Crippen LogP contribution in [0.4, 0.5) is 0 Å². The molecule has 1 rings (SSSR count). The normalized spacial score (nSPS) is 11.6. The van der Waals surface area contributed by atoms with E-state index in [4.69, 9.17) is 5.26 Å². The number of hydrogen-bond acceptors (Lipinski definition) is 2. The Morgan fingerprint density at radius 2 is 2.00 bits per heavy atom. The van der Waals surface area contributed by atoms with Gasteiger partial charge in [-0.2, -0.15) is 5.26 Å². The smallest absolute Gasteiger partial charge is 0.220 e. The average Bonchev–Trinajstić information content (AvgIpc) is 2.47. The molecule has 1 N–H and O–H groups in total. The third-order valence-corrected chi connectivity index (χ3v) is 3.39. The summed E-state index contributed by atoms with van der Waals surface area (Å²) in [4.78, 5) is 11.9. The summed E-state index contributed by atoms with van der Waals surface area (Å²) >= 11 is 0. The first kappa shape index (κ1) is 16.2. The predicted molar refractivity (Wildman–Crippen MR) is 81.2 cm³/mol. The molecule has 0 spiro atoms. The highest BCUT2D eigenvalue weighted by atomic mass is 16.1. The fourth-order valence-electron chi connectivity index (χ4n) is 2.22. The van der Waals surface area contributed by atoms with Crippen molar-refractivity contribution in [3.05, 3.63) is 35.9 Å². The molecule has 0 aliphatic carbocycles. The highest BCUT2D eigenvalue weighted by Gasteiger charge is 2.15. The number of unbranched alkanes of at least 4 members (excludes halogenated alkanes) is 3. The van der Waals surface area contributed by atoms with Crippen molar-refractivity contribution < 1.29 is 4.79 Å². The zero-order chi connectivity index (χ0) is 14.6. The van der Waals surface area contributed by atoms with Gasteiger partial charge >= 0.3 is 0 Å². The summed E-state index contributed by atoms with van der Waals surface area (Å²) in [5, 5.41) is 11.9. The lowest BCUT2D eigenvalue weighted by Gasteiger charge is -2.14. The molecule has 0 radical (unpaired) electrons. The summed E-state index contributed by atoms with van der Waals surface area (Å²) in [5.41, 5.74) is 1.06. The van der Waals surface area contributed by atoms with Crippen LogP contribution in [0.3, 0.4) is 0 Å². The van der Waals surface area contributed by atoms with E-state index in [2.05, 4.69) is 18.3 Å². The standard InChI is InChI=1S/C17H24N2O/c1-2-3-4-8-13-19-17(20)14-16(11-12-18)15-9-6-5-7-10-15/h5-7,9-10,16H,2-4,8,11,13-14H2,1H3,(H,19,20)/t16-/m1/s1. The summed E-state index contributed by atoms with van der Waals surface area (Å²) in [5.74, 6) is 0.0439. The summed E-state index contributed by atoms with van der Waals surface area (Å²) in [7, 11) is 0. The van der Waals surface area contributed by atoms with E-state index in [1.807, 2.05) is 30.3 Å². The van der Waals surface area contributed by atoms with Crippen molar-refractivity contribution in [3.8, 4) is 6.07 Å². The maximum Gasteiger partial charge on any atom is 0.220 e. The lowest BCUT2D eigenvalue weighted by atomic mass is 9.93. The molecule has 0 fully saturated rings. The van der Waals surface area contributed by atoms with Crippen molar-refractivity contribution in [2.75, 3.05) is 6.54 Å². The molecule has 1 aromatic rings. The maximum atomic E-state index is 11.9. The Labute approximate surface area is 122 Å².